The fraction of sp³-hybridized carbons (Fsp3) is 0.250. The lowest BCUT2D eigenvalue weighted by molar-refractivity contribution is 0.344. The van der Waals surface area contributed by atoms with Crippen molar-refractivity contribution in [2.45, 2.75) is 18.4 Å². The molecule has 2 rings (SSSR count). The van der Waals surface area contributed by atoms with Crippen LogP contribution in [0.25, 0.3) is 0 Å². The third-order valence-electron chi connectivity index (χ3n) is 2.80. The van der Waals surface area contributed by atoms with Crippen LogP contribution in [0.2, 0.25) is 0 Å². The van der Waals surface area contributed by atoms with E-state index in [1.165, 1.54) is 10.5 Å². The molecule has 2 nitrogen and oxygen atoms in total. The predicted molar refractivity (Wildman–Crippen MR) is 81.7 cm³/mol. The second-order valence-electron chi connectivity index (χ2n) is 4.36. The Morgan fingerprint density at radius 3 is 2.32 bits per heavy atom. The fourth-order valence-electron chi connectivity index (χ4n) is 1.68. The van der Waals surface area contributed by atoms with Gasteiger partial charge in [-0.25, -0.2) is 0 Å². The van der Waals surface area contributed by atoms with Crippen LogP contribution in [0.4, 0.5) is 0 Å². The van der Waals surface area contributed by atoms with Crippen LogP contribution < -0.4 is 10.5 Å². The van der Waals surface area contributed by atoms with Crippen LogP contribution in [0.15, 0.2) is 53.4 Å². The summed E-state index contributed by atoms with van der Waals surface area (Å²) in [6.07, 6.45) is 0. The minimum absolute atomic E-state index is 0.573. The molecule has 0 radical (unpaired) electrons. The van der Waals surface area contributed by atoms with Gasteiger partial charge < -0.3 is 10.5 Å². The van der Waals surface area contributed by atoms with Crippen molar-refractivity contribution in [2.75, 3.05) is 12.4 Å². The number of hydrogen-bond acceptors (Lipinski definition) is 3. The molecule has 0 fully saturated rings. The topological polar surface area (TPSA) is 35.2 Å². The van der Waals surface area contributed by atoms with Crippen molar-refractivity contribution in [3.8, 4) is 5.75 Å². The molecular weight excluding hydrogens is 254 g/mol. The SMILES string of the molecule is Cc1ccc(SCCOc2ccc(CN)cc2)cc1. The Morgan fingerprint density at radius 2 is 1.68 bits per heavy atom. The fourth-order valence-corrected chi connectivity index (χ4v) is 2.41. The smallest absolute Gasteiger partial charge is 0.119 e. The molecule has 0 heterocycles. The molecule has 0 aromatic heterocycles. The zero-order valence-corrected chi connectivity index (χ0v) is 12.0. The summed E-state index contributed by atoms with van der Waals surface area (Å²) in [6.45, 7) is 3.38. The molecule has 3 heteroatoms. The van der Waals surface area contributed by atoms with E-state index in [0.29, 0.717) is 13.2 Å². The van der Waals surface area contributed by atoms with Crippen LogP contribution in [0.3, 0.4) is 0 Å². The van der Waals surface area contributed by atoms with Gasteiger partial charge in [0, 0.05) is 17.2 Å². The van der Waals surface area contributed by atoms with Crippen molar-refractivity contribution in [1.29, 1.82) is 0 Å². The maximum absolute atomic E-state index is 5.69. The van der Waals surface area contributed by atoms with Crippen molar-refractivity contribution >= 4 is 11.8 Å². The van der Waals surface area contributed by atoms with Gasteiger partial charge in [0.15, 0.2) is 0 Å². The van der Waals surface area contributed by atoms with Gasteiger partial charge in [-0.15, -0.1) is 11.8 Å². The third kappa shape index (κ3) is 4.62. The normalized spacial score (nSPS) is 10.4. The van der Waals surface area contributed by atoms with Gasteiger partial charge in [0.2, 0.25) is 0 Å². The average molecular weight is 273 g/mol. The van der Waals surface area contributed by atoms with E-state index in [9.17, 15) is 0 Å². The Bertz CT molecular complexity index is 493. The standard InChI is InChI=1S/C16H19NOS/c1-13-2-8-16(9-3-13)19-11-10-18-15-6-4-14(12-17)5-7-15/h2-9H,10-12,17H2,1H3. The lowest BCUT2D eigenvalue weighted by Gasteiger charge is -2.07. The Balaban J connectivity index is 1.72. The van der Waals surface area contributed by atoms with Gasteiger partial charge in [-0.05, 0) is 36.8 Å². The first-order valence-corrected chi connectivity index (χ1v) is 7.38. The monoisotopic (exact) mass is 273 g/mol. The van der Waals surface area contributed by atoms with Gasteiger partial charge in [0.1, 0.15) is 5.75 Å². The molecule has 0 aliphatic heterocycles. The van der Waals surface area contributed by atoms with Gasteiger partial charge >= 0.3 is 0 Å². The first kappa shape index (κ1) is 14.0. The molecule has 0 bridgehead atoms. The van der Waals surface area contributed by atoms with Crippen molar-refractivity contribution in [3.05, 3.63) is 59.7 Å². The highest BCUT2D eigenvalue weighted by Gasteiger charge is 1.96. The summed E-state index contributed by atoms with van der Waals surface area (Å²) in [5.41, 5.74) is 7.97. The Labute approximate surface area is 119 Å². The number of hydrogen-bond donors (Lipinski definition) is 1. The first-order chi connectivity index (χ1) is 9.28. The van der Waals surface area contributed by atoms with E-state index in [-0.39, 0.29) is 0 Å². The highest BCUT2D eigenvalue weighted by molar-refractivity contribution is 7.99. The molecule has 0 amide bonds. The number of nitrogens with two attached hydrogens (primary N) is 1. The average Bonchev–Trinajstić information content (AvgIpc) is 2.46. The van der Waals surface area contributed by atoms with Gasteiger partial charge in [-0.2, -0.15) is 0 Å². The van der Waals surface area contributed by atoms with Crippen LogP contribution in [-0.2, 0) is 6.54 Å². The predicted octanol–water partition coefficient (Wildman–Crippen LogP) is 3.62. The lowest BCUT2D eigenvalue weighted by atomic mass is 10.2. The Hall–Kier alpha value is -1.45. The summed E-state index contributed by atoms with van der Waals surface area (Å²) in [5, 5.41) is 0. The third-order valence-corrected chi connectivity index (χ3v) is 3.78. The lowest BCUT2D eigenvalue weighted by Crippen LogP contribution is -2.01. The first-order valence-electron chi connectivity index (χ1n) is 6.39. The van der Waals surface area contributed by atoms with Crippen LogP contribution in [0.5, 0.6) is 5.75 Å². The van der Waals surface area contributed by atoms with E-state index in [2.05, 4.69) is 31.2 Å². The Kier molecular flexibility index (Phi) is 5.31. The summed E-state index contributed by atoms with van der Waals surface area (Å²) >= 11 is 1.81. The van der Waals surface area contributed by atoms with E-state index in [1.807, 2.05) is 36.0 Å². The molecule has 0 saturated heterocycles. The largest absolute Gasteiger partial charge is 0.493 e. The quantitative estimate of drug-likeness (QED) is 0.645. The van der Waals surface area contributed by atoms with E-state index in [1.54, 1.807) is 0 Å². The van der Waals surface area contributed by atoms with Crippen LogP contribution in [0, 0.1) is 6.92 Å². The van der Waals surface area contributed by atoms with E-state index in [0.717, 1.165) is 17.1 Å². The van der Waals surface area contributed by atoms with Gasteiger partial charge in [0.25, 0.3) is 0 Å². The van der Waals surface area contributed by atoms with E-state index < -0.39 is 0 Å². The van der Waals surface area contributed by atoms with Crippen LogP contribution in [-0.4, -0.2) is 12.4 Å². The van der Waals surface area contributed by atoms with Crippen molar-refractivity contribution < 1.29 is 4.74 Å². The molecule has 2 N–H and O–H groups in total. The maximum Gasteiger partial charge on any atom is 0.119 e. The zero-order valence-electron chi connectivity index (χ0n) is 11.1. The highest BCUT2D eigenvalue weighted by Crippen LogP contribution is 2.18. The number of aryl methyl sites for hydroxylation is 1. The number of ether oxygens (including phenoxy) is 1. The Morgan fingerprint density at radius 1 is 1.00 bits per heavy atom. The molecule has 0 atom stereocenters. The van der Waals surface area contributed by atoms with Crippen LogP contribution >= 0.6 is 11.8 Å². The van der Waals surface area contributed by atoms with Crippen molar-refractivity contribution in [1.82, 2.24) is 0 Å². The van der Waals surface area contributed by atoms with Gasteiger partial charge in [0.05, 0.1) is 6.61 Å². The molecule has 0 spiro atoms. The zero-order chi connectivity index (χ0) is 13.5. The van der Waals surface area contributed by atoms with E-state index in [4.69, 9.17) is 10.5 Å². The molecule has 0 saturated carbocycles. The summed E-state index contributed by atoms with van der Waals surface area (Å²) in [5.74, 6) is 1.85. The van der Waals surface area contributed by atoms with Crippen molar-refractivity contribution in [3.63, 3.8) is 0 Å². The van der Waals surface area contributed by atoms with Gasteiger partial charge in [-0.1, -0.05) is 29.8 Å². The van der Waals surface area contributed by atoms with Crippen molar-refractivity contribution in [2.24, 2.45) is 5.73 Å². The second kappa shape index (κ2) is 7.22. The number of rotatable bonds is 6. The molecule has 19 heavy (non-hydrogen) atoms. The van der Waals surface area contributed by atoms with Gasteiger partial charge in [-0.3, -0.25) is 0 Å². The summed E-state index contributed by atoms with van der Waals surface area (Å²) in [7, 11) is 0. The molecule has 0 aliphatic carbocycles. The summed E-state index contributed by atoms with van der Waals surface area (Å²) < 4.78 is 5.69. The second-order valence-corrected chi connectivity index (χ2v) is 5.53. The summed E-state index contributed by atoms with van der Waals surface area (Å²) in [4.78, 5) is 1.28. The molecule has 0 unspecified atom stereocenters. The summed E-state index contributed by atoms with van der Waals surface area (Å²) in [6, 6.07) is 16.5. The highest BCUT2D eigenvalue weighted by atomic mass is 32.2. The number of thioether (sulfide) groups is 1. The van der Waals surface area contributed by atoms with Crippen LogP contribution in [0.1, 0.15) is 11.1 Å². The van der Waals surface area contributed by atoms with E-state index >= 15 is 0 Å². The molecular formula is C16H19NOS. The minimum atomic E-state index is 0.573. The molecule has 0 aliphatic rings. The number of benzene rings is 2. The molecule has 2 aromatic rings. The molecule has 2 aromatic carbocycles. The maximum atomic E-state index is 5.69. The minimum Gasteiger partial charge on any atom is -0.493 e. The molecule has 100 valence electrons.